The van der Waals surface area contributed by atoms with Gasteiger partial charge in [-0.05, 0) is 46.1 Å². The van der Waals surface area contributed by atoms with Crippen molar-refractivity contribution in [1.82, 2.24) is 10.2 Å². The van der Waals surface area contributed by atoms with Crippen molar-refractivity contribution in [2.24, 2.45) is 5.92 Å². The highest BCUT2D eigenvalue weighted by atomic mass is 16.6. The molecule has 1 rings (SSSR count). The van der Waals surface area contributed by atoms with Crippen molar-refractivity contribution < 1.29 is 14.6 Å². The second kappa shape index (κ2) is 7.10. The molecule has 1 amide bonds. The van der Waals surface area contributed by atoms with Gasteiger partial charge in [0, 0.05) is 19.1 Å². The van der Waals surface area contributed by atoms with Crippen LogP contribution in [0.1, 0.15) is 40.5 Å². The van der Waals surface area contributed by atoms with Gasteiger partial charge in [0.1, 0.15) is 5.60 Å². The number of nitrogens with zero attached hydrogens (tertiary/aromatic N) is 1. The molecule has 0 aromatic heterocycles. The van der Waals surface area contributed by atoms with Crippen molar-refractivity contribution in [3.63, 3.8) is 0 Å². The van der Waals surface area contributed by atoms with Gasteiger partial charge in [0.25, 0.3) is 0 Å². The molecule has 112 valence electrons. The summed E-state index contributed by atoms with van der Waals surface area (Å²) < 4.78 is 5.18. The predicted molar refractivity (Wildman–Crippen MR) is 75.1 cm³/mol. The number of alkyl carbamates (subject to hydrolysis) is 1. The third-order valence-electron chi connectivity index (χ3n) is 3.48. The zero-order valence-corrected chi connectivity index (χ0v) is 12.6. The first-order valence-electron chi connectivity index (χ1n) is 7.15. The summed E-state index contributed by atoms with van der Waals surface area (Å²) in [7, 11) is 0. The average molecular weight is 272 g/mol. The molecular formula is C14H28N2O3. The minimum absolute atomic E-state index is 0.188. The van der Waals surface area contributed by atoms with Gasteiger partial charge >= 0.3 is 6.09 Å². The molecule has 1 fully saturated rings. The summed E-state index contributed by atoms with van der Waals surface area (Å²) in [5.74, 6) is 0.514. The Morgan fingerprint density at radius 1 is 1.47 bits per heavy atom. The van der Waals surface area contributed by atoms with Crippen molar-refractivity contribution in [2.45, 2.75) is 52.2 Å². The summed E-state index contributed by atoms with van der Waals surface area (Å²) in [5, 5.41) is 12.2. The first kappa shape index (κ1) is 16.2. The molecule has 0 aromatic rings. The van der Waals surface area contributed by atoms with Crippen LogP contribution in [0.25, 0.3) is 0 Å². The van der Waals surface area contributed by atoms with Crippen molar-refractivity contribution in [3.05, 3.63) is 0 Å². The van der Waals surface area contributed by atoms with Crippen LogP contribution in [0.15, 0.2) is 0 Å². The molecule has 0 radical (unpaired) electrons. The lowest BCUT2D eigenvalue weighted by Crippen LogP contribution is -2.49. The maximum absolute atomic E-state index is 11.5. The lowest BCUT2D eigenvalue weighted by atomic mass is 9.91. The van der Waals surface area contributed by atoms with Crippen molar-refractivity contribution in [1.29, 1.82) is 0 Å². The summed E-state index contributed by atoms with van der Waals surface area (Å²) in [6, 6.07) is 0.217. The highest BCUT2D eigenvalue weighted by molar-refractivity contribution is 5.67. The van der Waals surface area contributed by atoms with Gasteiger partial charge < -0.3 is 15.2 Å². The second-order valence-electron chi connectivity index (χ2n) is 6.33. The number of hydrogen-bond donors (Lipinski definition) is 2. The Bertz CT molecular complexity index is 289. The number of rotatable bonds is 4. The summed E-state index contributed by atoms with van der Waals surface area (Å²) in [5.41, 5.74) is -0.461. The van der Waals surface area contributed by atoms with E-state index in [1.807, 2.05) is 20.8 Å². The van der Waals surface area contributed by atoms with E-state index in [9.17, 15) is 9.90 Å². The second-order valence-corrected chi connectivity index (χ2v) is 6.33. The molecule has 5 heteroatoms. The number of aliphatic hydroxyl groups is 1. The number of likely N-dealkylation sites (tertiary alicyclic amines) is 1. The molecule has 1 heterocycles. The smallest absolute Gasteiger partial charge is 0.407 e. The summed E-state index contributed by atoms with van der Waals surface area (Å²) >= 11 is 0. The zero-order valence-electron chi connectivity index (χ0n) is 12.6. The lowest BCUT2D eigenvalue weighted by Gasteiger charge is -2.39. The van der Waals surface area contributed by atoms with Gasteiger partial charge in [-0.15, -0.1) is 0 Å². The molecule has 0 aliphatic carbocycles. The molecule has 0 saturated carbocycles. The number of hydrogen-bond acceptors (Lipinski definition) is 4. The summed E-state index contributed by atoms with van der Waals surface area (Å²) in [4.78, 5) is 13.8. The number of ether oxygens (including phenoxy) is 1. The third-order valence-corrected chi connectivity index (χ3v) is 3.48. The fourth-order valence-electron chi connectivity index (χ4n) is 2.52. The van der Waals surface area contributed by atoms with Crippen molar-refractivity contribution in [2.75, 3.05) is 26.2 Å². The standard InChI is InChI=1S/C14H28N2O3/c1-11-6-5-8-16(12(11)10-17)9-7-15-13(18)19-14(2,3)4/h11-12,17H,5-10H2,1-4H3,(H,15,18). The third kappa shape index (κ3) is 5.78. The largest absolute Gasteiger partial charge is 0.444 e. The Morgan fingerprint density at radius 3 is 2.74 bits per heavy atom. The molecule has 2 atom stereocenters. The number of carbonyl (C=O) groups excluding carboxylic acids is 1. The van der Waals surface area contributed by atoms with E-state index < -0.39 is 5.60 Å². The number of aliphatic hydroxyl groups excluding tert-OH is 1. The molecule has 0 spiro atoms. The molecule has 2 N–H and O–H groups in total. The normalized spacial score (nSPS) is 25.1. The molecule has 2 unspecified atom stereocenters. The quantitative estimate of drug-likeness (QED) is 0.816. The summed E-state index contributed by atoms with van der Waals surface area (Å²) in [6.07, 6.45) is 1.95. The summed E-state index contributed by atoms with van der Waals surface area (Å²) in [6.45, 7) is 10.2. The van der Waals surface area contributed by atoms with Crippen LogP contribution in [0.5, 0.6) is 0 Å². The van der Waals surface area contributed by atoms with E-state index in [1.165, 1.54) is 6.42 Å². The Morgan fingerprint density at radius 2 is 2.16 bits per heavy atom. The molecule has 0 aromatic carbocycles. The molecular weight excluding hydrogens is 244 g/mol. The highest BCUT2D eigenvalue weighted by Crippen LogP contribution is 2.22. The molecule has 19 heavy (non-hydrogen) atoms. The number of carbonyl (C=O) groups is 1. The van der Waals surface area contributed by atoms with Gasteiger partial charge in [-0.2, -0.15) is 0 Å². The van der Waals surface area contributed by atoms with Crippen LogP contribution in [-0.2, 0) is 4.74 Å². The van der Waals surface area contributed by atoms with E-state index in [0.717, 1.165) is 19.5 Å². The molecule has 5 nitrogen and oxygen atoms in total. The van der Waals surface area contributed by atoms with Crippen LogP contribution in [0.4, 0.5) is 4.79 Å². The fraction of sp³-hybridized carbons (Fsp3) is 0.929. The molecule has 1 saturated heterocycles. The van der Waals surface area contributed by atoms with Gasteiger partial charge in [0.15, 0.2) is 0 Å². The highest BCUT2D eigenvalue weighted by Gasteiger charge is 2.27. The van der Waals surface area contributed by atoms with Gasteiger partial charge in [0.2, 0.25) is 0 Å². The van der Waals surface area contributed by atoms with E-state index in [0.29, 0.717) is 12.5 Å². The topological polar surface area (TPSA) is 61.8 Å². The van der Waals surface area contributed by atoms with Crippen LogP contribution in [0.3, 0.4) is 0 Å². The number of nitrogens with one attached hydrogen (secondary N) is 1. The first-order valence-corrected chi connectivity index (χ1v) is 7.15. The fourth-order valence-corrected chi connectivity index (χ4v) is 2.52. The van der Waals surface area contributed by atoms with E-state index in [2.05, 4.69) is 17.1 Å². The zero-order chi connectivity index (χ0) is 14.5. The maximum atomic E-state index is 11.5. The minimum Gasteiger partial charge on any atom is -0.444 e. The van der Waals surface area contributed by atoms with Gasteiger partial charge in [0.05, 0.1) is 6.61 Å². The Labute approximate surface area is 116 Å². The number of amides is 1. The average Bonchev–Trinajstić information content (AvgIpc) is 2.26. The SMILES string of the molecule is CC1CCCN(CCNC(=O)OC(C)(C)C)C1CO. The van der Waals surface area contributed by atoms with Crippen LogP contribution < -0.4 is 5.32 Å². The predicted octanol–water partition coefficient (Wildman–Crippen LogP) is 1.60. The van der Waals surface area contributed by atoms with Crippen LogP contribution in [0, 0.1) is 5.92 Å². The first-order chi connectivity index (χ1) is 8.83. The Balaban J connectivity index is 2.30. The van der Waals surface area contributed by atoms with Crippen LogP contribution >= 0.6 is 0 Å². The molecule has 0 bridgehead atoms. The van der Waals surface area contributed by atoms with Crippen molar-refractivity contribution >= 4 is 6.09 Å². The maximum Gasteiger partial charge on any atom is 0.407 e. The Hall–Kier alpha value is -0.810. The van der Waals surface area contributed by atoms with E-state index >= 15 is 0 Å². The van der Waals surface area contributed by atoms with Crippen molar-refractivity contribution in [3.8, 4) is 0 Å². The Kier molecular flexibility index (Phi) is 6.07. The van der Waals surface area contributed by atoms with Crippen LogP contribution in [-0.4, -0.2) is 54.0 Å². The van der Waals surface area contributed by atoms with Gasteiger partial charge in [-0.25, -0.2) is 4.79 Å². The van der Waals surface area contributed by atoms with E-state index in [4.69, 9.17) is 4.74 Å². The van der Waals surface area contributed by atoms with Gasteiger partial charge in [-0.3, -0.25) is 4.90 Å². The molecule has 1 aliphatic rings. The minimum atomic E-state index is -0.461. The number of piperidine rings is 1. The van der Waals surface area contributed by atoms with E-state index in [1.54, 1.807) is 0 Å². The van der Waals surface area contributed by atoms with Crippen LogP contribution in [0.2, 0.25) is 0 Å². The monoisotopic (exact) mass is 272 g/mol. The molecule has 1 aliphatic heterocycles. The van der Waals surface area contributed by atoms with E-state index in [-0.39, 0.29) is 18.7 Å². The van der Waals surface area contributed by atoms with Gasteiger partial charge in [-0.1, -0.05) is 6.92 Å². The lowest BCUT2D eigenvalue weighted by molar-refractivity contribution is 0.0436.